The molecule has 4 rings (SSSR count). The summed E-state index contributed by atoms with van der Waals surface area (Å²) >= 11 is 0. The molecule has 0 aliphatic rings. The van der Waals surface area contributed by atoms with Crippen molar-refractivity contribution in [3.63, 3.8) is 0 Å². The third-order valence-electron chi connectivity index (χ3n) is 4.23. The van der Waals surface area contributed by atoms with Crippen molar-refractivity contribution in [1.82, 2.24) is 19.4 Å². The summed E-state index contributed by atoms with van der Waals surface area (Å²) in [5.74, 6) is -0.0610. The minimum absolute atomic E-state index is 0.188. The number of carbonyl (C=O) groups excluding carboxylic acids is 1. The zero-order chi connectivity index (χ0) is 21.1. The fourth-order valence-electron chi connectivity index (χ4n) is 2.81. The van der Waals surface area contributed by atoms with Crippen LogP contribution in [0, 0.1) is 5.82 Å². The van der Waals surface area contributed by atoms with Gasteiger partial charge >= 0.3 is 0 Å². The van der Waals surface area contributed by atoms with Crippen molar-refractivity contribution in [2.75, 3.05) is 19.1 Å². The number of para-hydroxylation sites is 2. The summed E-state index contributed by atoms with van der Waals surface area (Å²) in [4.78, 5) is 29.1. The third-order valence-corrected chi connectivity index (χ3v) is 4.23. The van der Waals surface area contributed by atoms with E-state index in [2.05, 4.69) is 15.5 Å². The maximum Gasteiger partial charge on any atom is 0.283 e. The number of ether oxygens (including phenoxy) is 2. The lowest BCUT2D eigenvalue weighted by molar-refractivity contribution is -0.119. The van der Waals surface area contributed by atoms with E-state index >= 15 is 0 Å². The molecule has 2 aromatic heterocycles. The Morgan fingerprint density at radius 2 is 1.87 bits per heavy atom. The lowest BCUT2D eigenvalue weighted by Crippen LogP contribution is -2.35. The molecule has 30 heavy (non-hydrogen) atoms. The summed E-state index contributed by atoms with van der Waals surface area (Å²) in [6.45, 7) is -0.334. The summed E-state index contributed by atoms with van der Waals surface area (Å²) in [5.41, 5.74) is 2.73. The Kier molecular flexibility index (Phi) is 5.12. The number of hydrogen-bond acceptors (Lipinski definition) is 6. The van der Waals surface area contributed by atoms with Gasteiger partial charge in [-0.15, -0.1) is 0 Å². The van der Waals surface area contributed by atoms with Gasteiger partial charge in [0.15, 0.2) is 23.8 Å². The van der Waals surface area contributed by atoms with E-state index in [-0.39, 0.29) is 23.5 Å². The molecular formula is C20H16FN5O4. The molecule has 0 aliphatic heterocycles. The second-order valence-electron chi connectivity index (χ2n) is 6.16. The summed E-state index contributed by atoms with van der Waals surface area (Å²) in [6, 6.07) is 12.5. The van der Waals surface area contributed by atoms with Crippen LogP contribution in [-0.4, -0.2) is 39.1 Å². The molecule has 2 aromatic carbocycles. The fraction of sp³-hybridized carbons (Fsp3) is 0.100. The van der Waals surface area contributed by atoms with Gasteiger partial charge in [0, 0.05) is 0 Å². The van der Waals surface area contributed by atoms with Gasteiger partial charge in [0.1, 0.15) is 17.5 Å². The van der Waals surface area contributed by atoms with Crippen LogP contribution in [0.1, 0.15) is 0 Å². The second-order valence-corrected chi connectivity index (χ2v) is 6.16. The first kappa shape index (κ1) is 19.1. The van der Waals surface area contributed by atoms with Gasteiger partial charge in [0.05, 0.1) is 19.0 Å². The Bertz CT molecular complexity index is 1270. The average Bonchev–Trinajstić information content (AvgIpc) is 3.20. The van der Waals surface area contributed by atoms with Crippen molar-refractivity contribution in [3.8, 4) is 17.2 Å². The van der Waals surface area contributed by atoms with Crippen LogP contribution in [0.5, 0.6) is 11.5 Å². The van der Waals surface area contributed by atoms with Crippen LogP contribution in [-0.2, 0) is 4.79 Å². The number of rotatable bonds is 6. The smallest absolute Gasteiger partial charge is 0.283 e. The molecule has 0 fully saturated rings. The maximum atomic E-state index is 13.1. The predicted molar refractivity (Wildman–Crippen MR) is 106 cm³/mol. The van der Waals surface area contributed by atoms with E-state index < -0.39 is 11.5 Å². The largest absolute Gasteiger partial charge is 0.493 e. The Hall–Kier alpha value is -4.21. The molecule has 10 heteroatoms. The van der Waals surface area contributed by atoms with E-state index in [1.165, 1.54) is 48.6 Å². The number of carbonyl (C=O) groups is 1. The first-order chi connectivity index (χ1) is 14.6. The van der Waals surface area contributed by atoms with E-state index in [0.29, 0.717) is 17.2 Å². The molecule has 1 N–H and O–H groups in total. The summed E-state index contributed by atoms with van der Waals surface area (Å²) in [7, 11) is 1.49. The van der Waals surface area contributed by atoms with Crippen LogP contribution < -0.4 is 20.5 Å². The number of hydrogen-bond donors (Lipinski definition) is 1. The highest BCUT2D eigenvalue weighted by atomic mass is 19.1. The lowest BCUT2D eigenvalue weighted by atomic mass is 10.3. The van der Waals surface area contributed by atoms with Crippen LogP contribution in [0.4, 0.5) is 4.39 Å². The molecule has 152 valence electrons. The van der Waals surface area contributed by atoms with Crippen LogP contribution in [0.3, 0.4) is 0 Å². The van der Waals surface area contributed by atoms with Crippen molar-refractivity contribution in [1.29, 1.82) is 0 Å². The van der Waals surface area contributed by atoms with E-state index in [1.54, 1.807) is 24.3 Å². The SMILES string of the molecule is COc1ccccc1OCC(=O)Nn1cnc2c(cnn2-c2ccc(F)cc2)c1=O. The normalized spacial score (nSPS) is 10.7. The molecule has 0 atom stereocenters. The quantitative estimate of drug-likeness (QED) is 0.522. The van der Waals surface area contributed by atoms with Gasteiger partial charge in [-0.2, -0.15) is 5.10 Å². The first-order valence-electron chi connectivity index (χ1n) is 8.84. The van der Waals surface area contributed by atoms with Crippen molar-refractivity contribution in [2.45, 2.75) is 0 Å². The molecule has 4 aromatic rings. The van der Waals surface area contributed by atoms with Crippen molar-refractivity contribution >= 4 is 16.9 Å². The molecule has 0 radical (unpaired) electrons. The number of nitrogens with zero attached hydrogens (tertiary/aromatic N) is 4. The highest BCUT2D eigenvalue weighted by molar-refractivity contribution is 5.85. The van der Waals surface area contributed by atoms with Crippen LogP contribution in [0.25, 0.3) is 16.7 Å². The molecule has 2 heterocycles. The molecular weight excluding hydrogens is 393 g/mol. The fourth-order valence-corrected chi connectivity index (χ4v) is 2.81. The zero-order valence-corrected chi connectivity index (χ0v) is 15.8. The molecule has 0 saturated heterocycles. The van der Waals surface area contributed by atoms with Gasteiger partial charge in [0.25, 0.3) is 11.5 Å². The van der Waals surface area contributed by atoms with Gasteiger partial charge in [0.2, 0.25) is 0 Å². The Labute approximate surface area is 169 Å². The third kappa shape index (κ3) is 3.70. The van der Waals surface area contributed by atoms with Gasteiger partial charge in [-0.25, -0.2) is 18.7 Å². The summed E-state index contributed by atoms with van der Waals surface area (Å²) in [5, 5.41) is 4.33. The number of fused-ring (bicyclic) bond motifs is 1. The maximum absolute atomic E-state index is 13.1. The van der Waals surface area contributed by atoms with Crippen molar-refractivity contribution < 1.29 is 18.7 Å². The van der Waals surface area contributed by atoms with Crippen LogP contribution >= 0.6 is 0 Å². The van der Waals surface area contributed by atoms with Crippen molar-refractivity contribution in [3.05, 3.63) is 77.2 Å². The van der Waals surface area contributed by atoms with Crippen LogP contribution in [0.2, 0.25) is 0 Å². The summed E-state index contributed by atoms with van der Waals surface area (Å²) < 4.78 is 26.1. The molecule has 0 unspecified atom stereocenters. The Morgan fingerprint density at radius 1 is 1.13 bits per heavy atom. The molecule has 0 spiro atoms. The Morgan fingerprint density at radius 3 is 2.60 bits per heavy atom. The molecule has 9 nitrogen and oxygen atoms in total. The number of aromatic nitrogens is 4. The molecule has 1 amide bonds. The van der Waals surface area contributed by atoms with Gasteiger partial charge in [-0.3, -0.25) is 15.0 Å². The van der Waals surface area contributed by atoms with E-state index in [9.17, 15) is 14.0 Å². The van der Waals surface area contributed by atoms with Crippen LogP contribution in [0.15, 0.2) is 65.8 Å². The van der Waals surface area contributed by atoms with E-state index in [4.69, 9.17) is 9.47 Å². The number of nitrogens with one attached hydrogen (secondary N) is 1. The minimum atomic E-state index is -0.560. The monoisotopic (exact) mass is 409 g/mol. The molecule has 0 bridgehead atoms. The highest BCUT2D eigenvalue weighted by Gasteiger charge is 2.13. The molecule has 0 saturated carbocycles. The van der Waals surface area contributed by atoms with Gasteiger partial charge < -0.3 is 9.47 Å². The second kappa shape index (κ2) is 8.03. The highest BCUT2D eigenvalue weighted by Crippen LogP contribution is 2.25. The van der Waals surface area contributed by atoms with E-state index in [1.807, 2.05) is 0 Å². The van der Waals surface area contributed by atoms with E-state index in [0.717, 1.165) is 4.68 Å². The lowest BCUT2D eigenvalue weighted by Gasteiger charge is -2.11. The topological polar surface area (TPSA) is 100 Å². The number of amides is 1. The number of halogens is 1. The Balaban J connectivity index is 1.52. The van der Waals surface area contributed by atoms with Gasteiger partial charge in [-0.05, 0) is 36.4 Å². The number of benzene rings is 2. The minimum Gasteiger partial charge on any atom is -0.493 e. The number of methoxy groups -OCH3 is 1. The zero-order valence-electron chi connectivity index (χ0n) is 15.8. The average molecular weight is 409 g/mol. The van der Waals surface area contributed by atoms with Crippen molar-refractivity contribution in [2.24, 2.45) is 0 Å². The van der Waals surface area contributed by atoms with Gasteiger partial charge in [-0.1, -0.05) is 12.1 Å². The predicted octanol–water partition coefficient (Wildman–Crippen LogP) is 1.88. The first-order valence-corrected chi connectivity index (χ1v) is 8.84. The standard InChI is InChI=1S/C20H16FN5O4/c1-29-16-4-2-3-5-17(16)30-11-18(27)24-25-12-22-19-15(20(25)28)10-23-26(19)14-8-6-13(21)7-9-14/h2-10,12H,11H2,1H3,(H,24,27). The summed E-state index contributed by atoms with van der Waals surface area (Å²) in [6.07, 6.45) is 2.51. The molecule has 0 aliphatic carbocycles.